The number of phosphoric ester groups is 1. The van der Waals surface area contributed by atoms with E-state index in [9.17, 15) is 19.0 Å². The number of phosphoric acid groups is 1. The molecule has 2 N–H and O–H groups in total. The fraction of sp³-hybridized carbons (Fsp3) is 0.854. The largest absolute Gasteiger partial charge is 0.472 e. The summed E-state index contributed by atoms with van der Waals surface area (Å²) in [6.07, 6.45) is 38.5. The number of ketones is 1. The van der Waals surface area contributed by atoms with E-state index in [4.69, 9.17) is 13.8 Å². The molecule has 0 radical (unpaired) electrons. The van der Waals surface area contributed by atoms with Gasteiger partial charge in [0.05, 0.1) is 19.8 Å². The number of hydrogen-bond acceptors (Lipinski definition) is 7. The molecule has 0 aliphatic heterocycles. The van der Waals surface area contributed by atoms with Gasteiger partial charge in [0.25, 0.3) is 0 Å². The summed E-state index contributed by atoms with van der Waals surface area (Å²) in [4.78, 5) is 35.3. The first-order valence-electron chi connectivity index (χ1n) is 20.6. The van der Waals surface area contributed by atoms with Gasteiger partial charge in [-0.1, -0.05) is 128 Å². The molecule has 8 nitrogen and oxygen atoms in total. The van der Waals surface area contributed by atoms with Gasteiger partial charge in [0.1, 0.15) is 5.78 Å². The molecule has 0 fully saturated rings. The highest BCUT2D eigenvalue weighted by molar-refractivity contribution is 7.47. The van der Waals surface area contributed by atoms with E-state index in [2.05, 4.69) is 43.5 Å². The summed E-state index contributed by atoms with van der Waals surface area (Å²) in [5.41, 5.74) is 0. The van der Waals surface area contributed by atoms with Crippen molar-refractivity contribution in [1.29, 1.82) is 0 Å². The third-order valence-corrected chi connectivity index (χ3v) is 9.92. The number of esters is 1. The molecule has 0 heterocycles. The second-order valence-electron chi connectivity index (χ2n) is 14.0. The molecule has 0 spiro atoms. The van der Waals surface area contributed by atoms with Crippen LogP contribution in [0.25, 0.3) is 0 Å². The van der Waals surface area contributed by atoms with Crippen molar-refractivity contribution in [2.24, 2.45) is 5.92 Å². The number of ether oxygens (including phenoxy) is 1. The minimum atomic E-state index is -4.27. The molecular weight excluding hydrogens is 649 g/mol. The first kappa shape index (κ1) is 48.7. The van der Waals surface area contributed by atoms with Crippen LogP contribution in [0.15, 0.2) is 24.3 Å². The Morgan fingerprint density at radius 1 is 0.620 bits per heavy atom. The Hall–Kier alpha value is -1.31. The minimum absolute atomic E-state index is 0.0156. The van der Waals surface area contributed by atoms with Gasteiger partial charge in [-0.3, -0.25) is 18.6 Å². The molecule has 0 saturated heterocycles. The van der Waals surface area contributed by atoms with E-state index in [0.717, 1.165) is 64.2 Å². The average molecular weight is 728 g/mol. The van der Waals surface area contributed by atoms with Crippen molar-refractivity contribution in [3.63, 3.8) is 0 Å². The van der Waals surface area contributed by atoms with Crippen LogP contribution in [0.2, 0.25) is 0 Å². The van der Waals surface area contributed by atoms with Crippen molar-refractivity contribution in [2.45, 2.75) is 187 Å². The lowest BCUT2D eigenvalue weighted by Crippen LogP contribution is -2.22. The van der Waals surface area contributed by atoms with Gasteiger partial charge in [-0.05, 0) is 71.3 Å². The number of unbranched alkanes of at least 4 members (excludes halogenated alkanes) is 20. The Bertz CT molecular complexity index is 879. The van der Waals surface area contributed by atoms with Crippen LogP contribution in [0.3, 0.4) is 0 Å². The molecule has 50 heavy (non-hydrogen) atoms. The summed E-state index contributed by atoms with van der Waals surface area (Å²) in [7, 11) is -2.55. The molecule has 0 rings (SSSR count). The van der Waals surface area contributed by atoms with Gasteiger partial charge in [0.15, 0.2) is 0 Å². The van der Waals surface area contributed by atoms with Crippen LogP contribution < -0.4 is 5.32 Å². The summed E-state index contributed by atoms with van der Waals surface area (Å²) in [6, 6.07) is 0. The van der Waals surface area contributed by atoms with E-state index in [-0.39, 0.29) is 38.0 Å². The Kier molecular flexibility index (Phi) is 36.5. The average Bonchev–Trinajstić information content (AvgIpc) is 3.09. The highest BCUT2D eigenvalue weighted by Crippen LogP contribution is 2.43. The van der Waals surface area contributed by atoms with E-state index in [1.807, 2.05) is 0 Å². The van der Waals surface area contributed by atoms with Gasteiger partial charge in [-0.15, -0.1) is 0 Å². The van der Waals surface area contributed by atoms with Gasteiger partial charge >= 0.3 is 13.8 Å². The summed E-state index contributed by atoms with van der Waals surface area (Å²) in [5.74, 6) is -0.742. The van der Waals surface area contributed by atoms with E-state index in [1.165, 1.54) is 89.9 Å². The Labute approximate surface area is 308 Å². The van der Waals surface area contributed by atoms with Crippen molar-refractivity contribution in [1.82, 2.24) is 5.32 Å². The number of carbonyl (C=O) groups is 2. The second-order valence-corrected chi connectivity index (χ2v) is 15.4. The fourth-order valence-corrected chi connectivity index (χ4v) is 6.55. The lowest BCUT2D eigenvalue weighted by Gasteiger charge is -2.19. The number of carbonyl (C=O) groups excluding carboxylic acids is 2. The molecule has 294 valence electrons. The van der Waals surface area contributed by atoms with E-state index in [0.29, 0.717) is 19.4 Å². The molecule has 0 saturated carbocycles. The first-order chi connectivity index (χ1) is 24.3. The molecule has 0 aliphatic rings. The maximum absolute atomic E-state index is 12.8. The molecule has 0 amide bonds. The molecule has 0 aromatic carbocycles. The normalized spacial score (nSPS) is 13.7. The Morgan fingerprint density at radius 2 is 1.06 bits per heavy atom. The van der Waals surface area contributed by atoms with Crippen LogP contribution in [0.1, 0.15) is 187 Å². The highest BCUT2D eigenvalue weighted by Gasteiger charge is 2.25. The van der Waals surface area contributed by atoms with Crippen LogP contribution >= 0.6 is 7.82 Å². The van der Waals surface area contributed by atoms with Crippen molar-refractivity contribution in [3.8, 4) is 0 Å². The van der Waals surface area contributed by atoms with Crippen LogP contribution in [-0.4, -0.2) is 50.1 Å². The van der Waals surface area contributed by atoms with Gasteiger partial charge in [-0.2, -0.15) is 0 Å². The molecular formula is C41H78NO7P. The molecule has 1 unspecified atom stereocenters. The van der Waals surface area contributed by atoms with Crippen LogP contribution in [0.5, 0.6) is 0 Å². The van der Waals surface area contributed by atoms with E-state index in [1.54, 1.807) is 7.05 Å². The molecule has 2 atom stereocenters. The molecule has 0 aromatic rings. The SMILES string of the molecule is CCCCCC/C=C\CCCCCCCC(=O)OC[C@H](COP(=O)(O)OCCNC)CC(=O)CCCCCCC/C=C\CCCCCCCC. The van der Waals surface area contributed by atoms with Crippen LogP contribution in [0, 0.1) is 5.92 Å². The van der Waals surface area contributed by atoms with Gasteiger partial charge in [-0.25, -0.2) is 4.57 Å². The maximum atomic E-state index is 12.8. The summed E-state index contributed by atoms with van der Waals surface area (Å²) in [5, 5.41) is 2.84. The standard InChI is InChI=1S/C41H78NO7P/c1-4-6-8-10-12-14-16-18-19-21-22-24-26-28-30-32-40(43)36-39(38-49-50(45,46)48-35-34-42-3)37-47-41(44)33-31-29-27-25-23-20-17-15-13-11-9-7-5-2/h15,17-19,39,42H,4-14,16,20-38H2,1-3H3,(H,45,46)/b17-15-,19-18-/t39-/m1/s1. The minimum Gasteiger partial charge on any atom is -0.465 e. The van der Waals surface area contributed by atoms with Crippen molar-refractivity contribution >= 4 is 19.6 Å². The first-order valence-corrected chi connectivity index (χ1v) is 22.1. The van der Waals surface area contributed by atoms with Gasteiger partial charge in [0, 0.05) is 31.7 Å². The number of rotatable bonds is 39. The highest BCUT2D eigenvalue weighted by atomic mass is 31.2. The van der Waals surface area contributed by atoms with Crippen molar-refractivity contribution in [2.75, 3.05) is 33.4 Å². The molecule has 9 heteroatoms. The topological polar surface area (TPSA) is 111 Å². The smallest absolute Gasteiger partial charge is 0.465 e. The number of allylic oxidation sites excluding steroid dienone is 4. The quantitative estimate of drug-likeness (QED) is 0.0279. The zero-order chi connectivity index (χ0) is 36.8. The van der Waals surface area contributed by atoms with Crippen LogP contribution in [-0.2, 0) is 27.9 Å². The maximum Gasteiger partial charge on any atom is 0.472 e. The number of Topliss-reactive ketones (excluding diaryl/α,β-unsaturated/α-hetero) is 1. The van der Waals surface area contributed by atoms with Gasteiger partial charge < -0.3 is 14.9 Å². The second kappa shape index (κ2) is 37.4. The zero-order valence-electron chi connectivity index (χ0n) is 32.7. The lowest BCUT2D eigenvalue weighted by atomic mass is 10.00. The summed E-state index contributed by atoms with van der Waals surface area (Å²) >= 11 is 0. The molecule has 0 aromatic heterocycles. The number of likely N-dealkylation sites (N-methyl/N-ethyl adjacent to an activating group) is 1. The summed E-state index contributed by atoms with van der Waals surface area (Å²) < 4.78 is 27.9. The Morgan fingerprint density at radius 3 is 1.56 bits per heavy atom. The van der Waals surface area contributed by atoms with Crippen molar-refractivity contribution < 1.29 is 32.8 Å². The fourth-order valence-electron chi connectivity index (χ4n) is 5.75. The van der Waals surface area contributed by atoms with Gasteiger partial charge in [0.2, 0.25) is 0 Å². The van der Waals surface area contributed by atoms with Crippen LogP contribution in [0.4, 0.5) is 0 Å². The lowest BCUT2D eigenvalue weighted by molar-refractivity contribution is -0.146. The molecule has 0 bridgehead atoms. The summed E-state index contributed by atoms with van der Waals surface area (Å²) in [6.45, 7) is 4.71. The third kappa shape index (κ3) is 36.5. The Balaban J connectivity index is 4.28. The number of nitrogens with one attached hydrogen (secondary N) is 1. The van der Waals surface area contributed by atoms with Crippen molar-refractivity contribution in [3.05, 3.63) is 24.3 Å². The number of hydrogen-bond donors (Lipinski definition) is 2. The third-order valence-electron chi connectivity index (χ3n) is 8.94. The van der Waals surface area contributed by atoms with E-state index >= 15 is 0 Å². The predicted molar refractivity (Wildman–Crippen MR) is 209 cm³/mol. The zero-order valence-corrected chi connectivity index (χ0v) is 33.5. The molecule has 0 aliphatic carbocycles. The van der Waals surface area contributed by atoms with E-state index < -0.39 is 13.7 Å². The predicted octanol–water partition coefficient (Wildman–Crippen LogP) is 11.8. The monoisotopic (exact) mass is 728 g/mol.